The molecule has 0 bridgehead atoms. The van der Waals surface area contributed by atoms with E-state index in [-0.39, 0.29) is 5.82 Å². The van der Waals surface area contributed by atoms with E-state index in [2.05, 4.69) is 4.98 Å². The number of aryl methyl sites for hydroxylation is 2. The minimum absolute atomic E-state index is 0.215. The first-order chi connectivity index (χ1) is 7.59. The van der Waals surface area contributed by atoms with Gasteiger partial charge in [0.1, 0.15) is 5.82 Å². The van der Waals surface area contributed by atoms with Crippen LogP contribution in [0, 0.1) is 19.7 Å². The summed E-state index contributed by atoms with van der Waals surface area (Å²) in [6.07, 6.45) is 1.64. The van der Waals surface area contributed by atoms with Crippen LogP contribution in [0.5, 0.6) is 0 Å². The van der Waals surface area contributed by atoms with Crippen molar-refractivity contribution in [3.8, 4) is 11.1 Å². The van der Waals surface area contributed by atoms with Crippen molar-refractivity contribution in [3.05, 3.63) is 47.5 Å². The summed E-state index contributed by atoms with van der Waals surface area (Å²) in [6.45, 7) is 3.57. The molecule has 0 amide bonds. The molecule has 0 aliphatic heterocycles. The number of nitrogens with zero attached hydrogens (tertiary/aromatic N) is 1. The molecule has 0 unspecified atom stereocenters. The summed E-state index contributed by atoms with van der Waals surface area (Å²) in [5.74, 6) is -0.215. The van der Waals surface area contributed by atoms with Crippen LogP contribution in [0.25, 0.3) is 11.1 Å². The minimum atomic E-state index is -0.215. The number of hydrogen-bond donors (Lipinski definition) is 1. The van der Waals surface area contributed by atoms with E-state index < -0.39 is 0 Å². The number of pyridine rings is 1. The fourth-order valence-electron chi connectivity index (χ4n) is 1.57. The van der Waals surface area contributed by atoms with E-state index in [9.17, 15) is 4.39 Å². The van der Waals surface area contributed by atoms with Crippen LogP contribution in [0.1, 0.15) is 11.3 Å². The standard InChI is InChI=1S/C13H13FN2/c1-8-4-3-5-11(13(8)14)10-6-12(15)9(2)16-7-10/h3-7H,15H2,1-2H3. The Balaban J connectivity index is 2.59. The number of nitrogen functional groups attached to an aromatic ring is 1. The molecule has 0 saturated carbocycles. The van der Waals surface area contributed by atoms with Crippen LogP contribution in [-0.2, 0) is 0 Å². The van der Waals surface area contributed by atoms with Gasteiger partial charge in [-0.25, -0.2) is 4.39 Å². The SMILES string of the molecule is Cc1cccc(-c2cnc(C)c(N)c2)c1F. The Morgan fingerprint density at radius 3 is 2.69 bits per heavy atom. The topological polar surface area (TPSA) is 38.9 Å². The maximum Gasteiger partial charge on any atom is 0.133 e. The molecule has 1 aromatic carbocycles. The second-order valence-corrected chi connectivity index (χ2v) is 3.84. The van der Waals surface area contributed by atoms with Crippen LogP contribution in [0.3, 0.4) is 0 Å². The third-order valence-electron chi connectivity index (χ3n) is 2.63. The molecule has 2 N–H and O–H groups in total. The third kappa shape index (κ3) is 1.76. The van der Waals surface area contributed by atoms with E-state index >= 15 is 0 Å². The van der Waals surface area contributed by atoms with Gasteiger partial charge in [-0.05, 0) is 25.5 Å². The lowest BCUT2D eigenvalue weighted by molar-refractivity contribution is 0.622. The summed E-state index contributed by atoms with van der Waals surface area (Å²) < 4.78 is 13.9. The fourth-order valence-corrected chi connectivity index (χ4v) is 1.57. The lowest BCUT2D eigenvalue weighted by atomic mass is 10.0. The number of nitrogens with two attached hydrogens (primary N) is 1. The molecule has 1 aromatic heterocycles. The predicted octanol–water partition coefficient (Wildman–Crippen LogP) is 3.09. The van der Waals surface area contributed by atoms with Crippen molar-refractivity contribution >= 4 is 5.69 Å². The molecule has 0 atom stereocenters. The molecular formula is C13H13FN2. The van der Waals surface area contributed by atoms with Gasteiger partial charge in [0.2, 0.25) is 0 Å². The smallest absolute Gasteiger partial charge is 0.133 e. The number of anilines is 1. The number of hydrogen-bond acceptors (Lipinski definition) is 2. The second-order valence-electron chi connectivity index (χ2n) is 3.84. The predicted molar refractivity (Wildman–Crippen MR) is 63.5 cm³/mol. The van der Waals surface area contributed by atoms with Gasteiger partial charge >= 0.3 is 0 Å². The van der Waals surface area contributed by atoms with Crippen molar-refractivity contribution < 1.29 is 4.39 Å². The summed E-state index contributed by atoms with van der Waals surface area (Å²) in [5, 5.41) is 0. The second kappa shape index (κ2) is 3.93. The molecule has 0 spiro atoms. The van der Waals surface area contributed by atoms with E-state index in [0.29, 0.717) is 22.4 Å². The summed E-state index contributed by atoms with van der Waals surface area (Å²) >= 11 is 0. The molecule has 2 aromatic rings. The van der Waals surface area contributed by atoms with Gasteiger partial charge in [-0.2, -0.15) is 0 Å². The minimum Gasteiger partial charge on any atom is -0.397 e. The highest BCUT2D eigenvalue weighted by Gasteiger charge is 2.08. The number of halogens is 1. The van der Waals surface area contributed by atoms with E-state index in [1.165, 1.54) is 0 Å². The maximum atomic E-state index is 13.9. The van der Waals surface area contributed by atoms with Crippen LogP contribution in [0.15, 0.2) is 30.5 Å². The van der Waals surface area contributed by atoms with E-state index in [4.69, 9.17) is 5.73 Å². The maximum absolute atomic E-state index is 13.9. The first kappa shape index (κ1) is 10.6. The summed E-state index contributed by atoms with van der Waals surface area (Å²) in [5.41, 5.74) is 8.98. The van der Waals surface area contributed by atoms with Gasteiger partial charge in [-0.15, -0.1) is 0 Å². The molecular weight excluding hydrogens is 203 g/mol. The normalized spacial score (nSPS) is 10.4. The van der Waals surface area contributed by atoms with Gasteiger partial charge < -0.3 is 5.73 Å². The van der Waals surface area contributed by atoms with Gasteiger partial charge in [-0.1, -0.05) is 18.2 Å². The van der Waals surface area contributed by atoms with Gasteiger partial charge in [-0.3, -0.25) is 4.98 Å². The molecule has 3 heteroatoms. The Morgan fingerprint density at radius 1 is 1.25 bits per heavy atom. The van der Waals surface area contributed by atoms with Crippen molar-refractivity contribution in [2.45, 2.75) is 13.8 Å². The fraction of sp³-hybridized carbons (Fsp3) is 0.154. The lowest BCUT2D eigenvalue weighted by Gasteiger charge is -2.07. The molecule has 0 fully saturated rings. The molecule has 0 saturated heterocycles. The third-order valence-corrected chi connectivity index (χ3v) is 2.63. The Labute approximate surface area is 93.9 Å². The van der Waals surface area contributed by atoms with Crippen LogP contribution < -0.4 is 5.73 Å². The van der Waals surface area contributed by atoms with E-state index in [1.807, 2.05) is 13.0 Å². The molecule has 1 heterocycles. The van der Waals surface area contributed by atoms with Crippen molar-refractivity contribution in [1.29, 1.82) is 0 Å². The number of rotatable bonds is 1. The average Bonchev–Trinajstić information content (AvgIpc) is 2.26. The summed E-state index contributed by atoms with van der Waals surface area (Å²) in [6, 6.07) is 7.04. The van der Waals surface area contributed by atoms with Gasteiger partial charge in [0.25, 0.3) is 0 Å². The zero-order valence-corrected chi connectivity index (χ0v) is 9.29. The number of benzene rings is 1. The van der Waals surface area contributed by atoms with Crippen LogP contribution in [0.2, 0.25) is 0 Å². The zero-order valence-electron chi connectivity index (χ0n) is 9.29. The van der Waals surface area contributed by atoms with Crippen LogP contribution in [0.4, 0.5) is 10.1 Å². The van der Waals surface area contributed by atoms with Crippen molar-refractivity contribution in [2.75, 3.05) is 5.73 Å². The number of aromatic nitrogens is 1. The lowest BCUT2D eigenvalue weighted by Crippen LogP contribution is -1.95. The first-order valence-corrected chi connectivity index (χ1v) is 5.07. The Morgan fingerprint density at radius 2 is 2.00 bits per heavy atom. The zero-order chi connectivity index (χ0) is 11.7. The molecule has 0 aliphatic rings. The highest BCUT2D eigenvalue weighted by Crippen LogP contribution is 2.26. The molecule has 82 valence electrons. The Bertz CT molecular complexity index is 535. The summed E-state index contributed by atoms with van der Waals surface area (Å²) in [4.78, 5) is 4.13. The van der Waals surface area contributed by atoms with Crippen molar-refractivity contribution in [2.24, 2.45) is 0 Å². The molecule has 16 heavy (non-hydrogen) atoms. The van der Waals surface area contributed by atoms with Crippen molar-refractivity contribution in [3.63, 3.8) is 0 Å². The highest BCUT2D eigenvalue weighted by molar-refractivity contribution is 5.68. The van der Waals surface area contributed by atoms with Gasteiger partial charge in [0, 0.05) is 17.3 Å². The van der Waals surface area contributed by atoms with E-state index in [1.54, 1.807) is 31.3 Å². The molecule has 0 aliphatic carbocycles. The van der Waals surface area contributed by atoms with Gasteiger partial charge in [0.05, 0.1) is 11.4 Å². The first-order valence-electron chi connectivity index (χ1n) is 5.07. The highest BCUT2D eigenvalue weighted by atomic mass is 19.1. The average molecular weight is 216 g/mol. The molecule has 2 nitrogen and oxygen atoms in total. The van der Waals surface area contributed by atoms with Gasteiger partial charge in [0.15, 0.2) is 0 Å². The van der Waals surface area contributed by atoms with Crippen LogP contribution >= 0.6 is 0 Å². The van der Waals surface area contributed by atoms with E-state index in [0.717, 1.165) is 5.69 Å². The largest absolute Gasteiger partial charge is 0.397 e. The van der Waals surface area contributed by atoms with Crippen molar-refractivity contribution in [1.82, 2.24) is 4.98 Å². The molecule has 0 radical (unpaired) electrons. The van der Waals surface area contributed by atoms with Crippen LogP contribution in [-0.4, -0.2) is 4.98 Å². The monoisotopic (exact) mass is 216 g/mol. The molecule has 2 rings (SSSR count). The summed E-state index contributed by atoms with van der Waals surface area (Å²) in [7, 11) is 0. The quantitative estimate of drug-likeness (QED) is 0.795. The Hall–Kier alpha value is -1.90. The Kier molecular flexibility index (Phi) is 2.60.